The van der Waals surface area contributed by atoms with Crippen LogP contribution < -0.4 is 5.32 Å². The van der Waals surface area contributed by atoms with E-state index in [1.165, 1.54) is 31.7 Å². The lowest BCUT2D eigenvalue weighted by atomic mass is 10.1. The standard InChI is InChI=1S/C12H19N3O/c1-6-16-10-11(1)7-14-8-12(9-14)15-4-2-13-3-5-15/h1,6,10,12-13H,2-5,7-9H2. The quantitative estimate of drug-likeness (QED) is 0.799. The maximum Gasteiger partial charge on any atom is 0.0947 e. The van der Waals surface area contributed by atoms with Crippen LogP contribution in [0, 0.1) is 0 Å². The zero-order chi connectivity index (χ0) is 10.8. The molecule has 2 aliphatic heterocycles. The SMILES string of the molecule is c1cc(CN2CC(N3CCNCC3)C2)co1. The topological polar surface area (TPSA) is 31.6 Å². The van der Waals surface area contributed by atoms with Gasteiger partial charge in [0.2, 0.25) is 0 Å². The molecule has 88 valence electrons. The van der Waals surface area contributed by atoms with Gasteiger partial charge in [-0.25, -0.2) is 0 Å². The van der Waals surface area contributed by atoms with E-state index in [1.54, 1.807) is 6.26 Å². The monoisotopic (exact) mass is 221 g/mol. The number of nitrogens with one attached hydrogen (secondary N) is 1. The molecule has 0 radical (unpaired) electrons. The summed E-state index contributed by atoms with van der Waals surface area (Å²) in [5.74, 6) is 0. The second-order valence-corrected chi connectivity index (χ2v) is 4.77. The van der Waals surface area contributed by atoms with E-state index < -0.39 is 0 Å². The molecular formula is C12H19N3O. The summed E-state index contributed by atoms with van der Waals surface area (Å²) in [6.07, 6.45) is 3.60. The highest BCUT2D eigenvalue weighted by atomic mass is 16.3. The lowest BCUT2D eigenvalue weighted by molar-refractivity contribution is 0.0222. The fourth-order valence-corrected chi connectivity index (χ4v) is 2.59. The summed E-state index contributed by atoms with van der Waals surface area (Å²) < 4.78 is 5.08. The Kier molecular flexibility index (Phi) is 2.95. The Balaban J connectivity index is 1.44. The van der Waals surface area contributed by atoms with Crippen LogP contribution in [0.15, 0.2) is 23.0 Å². The average Bonchev–Trinajstić information content (AvgIpc) is 2.77. The Labute approximate surface area is 96.2 Å². The minimum Gasteiger partial charge on any atom is -0.472 e. The summed E-state index contributed by atoms with van der Waals surface area (Å²) in [6, 6.07) is 2.84. The molecular weight excluding hydrogens is 202 g/mol. The van der Waals surface area contributed by atoms with Gasteiger partial charge in [-0.15, -0.1) is 0 Å². The van der Waals surface area contributed by atoms with Crippen molar-refractivity contribution in [2.75, 3.05) is 39.3 Å². The van der Waals surface area contributed by atoms with Gasteiger partial charge in [-0.3, -0.25) is 9.80 Å². The molecule has 0 spiro atoms. The molecule has 1 N–H and O–H groups in total. The van der Waals surface area contributed by atoms with Crippen molar-refractivity contribution in [2.45, 2.75) is 12.6 Å². The van der Waals surface area contributed by atoms with Crippen LogP contribution in [-0.4, -0.2) is 55.1 Å². The zero-order valence-corrected chi connectivity index (χ0v) is 9.56. The second-order valence-electron chi connectivity index (χ2n) is 4.77. The van der Waals surface area contributed by atoms with Gasteiger partial charge in [0.1, 0.15) is 0 Å². The van der Waals surface area contributed by atoms with Crippen LogP contribution >= 0.6 is 0 Å². The van der Waals surface area contributed by atoms with E-state index in [4.69, 9.17) is 4.42 Å². The van der Waals surface area contributed by atoms with Gasteiger partial charge in [0.05, 0.1) is 12.5 Å². The normalized spacial score (nSPS) is 24.5. The molecule has 0 amide bonds. The molecule has 4 nitrogen and oxygen atoms in total. The molecule has 2 aliphatic rings. The number of rotatable bonds is 3. The van der Waals surface area contributed by atoms with Crippen molar-refractivity contribution < 1.29 is 4.42 Å². The number of nitrogens with zero attached hydrogens (tertiary/aromatic N) is 2. The van der Waals surface area contributed by atoms with Gasteiger partial charge in [0.25, 0.3) is 0 Å². The molecule has 1 aromatic heterocycles. The molecule has 1 aromatic rings. The molecule has 2 fully saturated rings. The van der Waals surface area contributed by atoms with Crippen molar-refractivity contribution in [1.29, 1.82) is 0 Å². The predicted octanol–water partition coefficient (Wildman–Crippen LogP) is 0.369. The van der Waals surface area contributed by atoms with Gasteiger partial charge in [-0.1, -0.05) is 0 Å². The number of likely N-dealkylation sites (tertiary alicyclic amines) is 1. The van der Waals surface area contributed by atoms with Crippen molar-refractivity contribution >= 4 is 0 Å². The van der Waals surface area contributed by atoms with E-state index >= 15 is 0 Å². The van der Waals surface area contributed by atoms with Crippen LogP contribution in [0.4, 0.5) is 0 Å². The van der Waals surface area contributed by atoms with Gasteiger partial charge in [0, 0.05) is 57.4 Å². The third kappa shape index (κ3) is 2.14. The largest absolute Gasteiger partial charge is 0.472 e. The first-order valence-electron chi connectivity index (χ1n) is 6.10. The second kappa shape index (κ2) is 4.57. The maximum absolute atomic E-state index is 5.08. The highest BCUT2D eigenvalue weighted by molar-refractivity contribution is 5.06. The van der Waals surface area contributed by atoms with Gasteiger partial charge in [-0.05, 0) is 6.07 Å². The molecule has 0 aromatic carbocycles. The van der Waals surface area contributed by atoms with Crippen LogP contribution in [0.25, 0.3) is 0 Å². The maximum atomic E-state index is 5.08. The lowest BCUT2D eigenvalue weighted by Gasteiger charge is -2.46. The molecule has 0 bridgehead atoms. The van der Waals surface area contributed by atoms with Crippen molar-refractivity contribution in [2.24, 2.45) is 0 Å². The minimum absolute atomic E-state index is 0.786. The fraction of sp³-hybridized carbons (Fsp3) is 0.667. The van der Waals surface area contributed by atoms with E-state index in [-0.39, 0.29) is 0 Å². The first-order valence-corrected chi connectivity index (χ1v) is 6.10. The van der Waals surface area contributed by atoms with Crippen LogP contribution in [-0.2, 0) is 6.54 Å². The van der Waals surface area contributed by atoms with Gasteiger partial charge in [0.15, 0.2) is 0 Å². The van der Waals surface area contributed by atoms with Crippen LogP contribution in [0.2, 0.25) is 0 Å². The lowest BCUT2D eigenvalue weighted by Crippen LogP contribution is -2.62. The van der Waals surface area contributed by atoms with Crippen molar-refractivity contribution in [3.05, 3.63) is 24.2 Å². The first kappa shape index (κ1) is 10.3. The highest BCUT2D eigenvalue weighted by Gasteiger charge is 2.31. The third-order valence-electron chi connectivity index (χ3n) is 3.59. The molecule has 0 atom stereocenters. The molecule has 2 saturated heterocycles. The van der Waals surface area contributed by atoms with E-state index in [9.17, 15) is 0 Å². The average molecular weight is 221 g/mol. The van der Waals surface area contributed by atoms with Gasteiger partial charge < -0.3 is 9.73 Å². The van der Waals surface area contributed by atoms with Crippen molar-refractivity contribution in [3.8, 4) is 0 Å². The summed E-state index contributed by atoms with van der Waals surface area (Å²) in [5, 5.41) is 3.40. The Morgan fingerprint density at radius 2 is 2.12 bits per heavy atom. The van der Waals surface area contributed by atoms with Crippen molar-refractivity contribution in [1.82, 2.24) is 15.1 Å². The molecule has 0 saturated carbocycles. The molecule has 0 aliphatic carbocycles. The summed E-state index contributed by atoms with van der Waals surface area (Å²) in [4.78, 5) is 5.10. The molecule has 3 heterocycles. The Morgan fingerprint density at radius 1 is 1.31 bits per heavy atom. The van der Waals surface area contributed by atoms with Crippen LogP contribution in [0.5, 0.6) is 0 Å². The van der Waals surface area contributed by atoms with E-state index in [0.717, 1.165) is 25.7 Å². The van der Waals surface area contributed by atoms with Gasteiger partial charge in [-0.2, -0.15) is 0 Å². The Hall–Kier alpha value is -0.840. The predicted molar refractivity (Wildman–Crippen MR) is 62.2 cm³/mol. The fourth-order valence-electron chi connectivity index (χ4n) is 2.59. The summed E-state index contributed by atoms with van der Waals surface area (Å²) in [5.41, 5.74) is 1.29. The smallest absolute Gasteiger partial charge is 0.0947 e. The summed E-state index contributed by atoms with van der Waals surface area (Å²) >= 11 is 0. The number of hydrogen-bond acceptors (Lipinski definition) is 4. The number of hydrogen-bond donors (Lipinski definition) is 1. The third-order valence-corrected chi connectivity index (χ3v) is 3.59. The van der Waals surface area contributed by atoms with E-state index in [0.29, 0.717) is 0 Å². The highest BCUT2D eigenvalue weighted by Crippen LogP contribution is 2.18. The van der Waals surface area contributed by atoms with Gasteiger partial charge >= 0.3 is 0 Å². The minimum atomic E-state index is 0.786. The molecule has 4 heteroatoms. The molecule has 0 unspecified atom stereocenters. The summed E-state index contributed by atoms with van der Waals surface area (Å²) in [6.45, 7) is 8.19. The Morgan fingerprint density at radius 3 is 2.81 bits per heavy atom. The first-order chi connectivity index (χ1) is 7.92. The summed E-state index contributed by atoms with van der Waals surface area (Å²) in [7, 11) is 0. The molecule has 16 heavy (non-hydrogen) atoms. The van der Waals surface area contributed by atoms with Crippen LogP contribution in [0.1, 0.15) is 5.56 Å². The van der Waals surface area contributed by atoms with E-state index in [2.05, 4.69) is 21.2 Å². The Bertz CT molecular complexity index is 313. The molecule has 3 rings (SSSR count). The number of furan rings is 1. The van der Waals surface area contributed by atoms with Crippen molar-refractivity contribution in [3.63, 3.8) is 0 Å². The van der Waals surface area contributed by atoms with Crippen LogP contribution in [0.3, 0.4) is 0 Å². The zero-order valence-electron chi connectivity index (χ0n) is 9.56. The van der Waals surface area contributed by atoms with E-state index in [1.807, 2.05) is 6.26 Å². The number of piperazine rings is 1.